The van der Waals surface area contributed by atoms with Crippen molar-refractivity contribution in [2.24, 2.45) is 0 Å². The van der Waals surface area contributed by atoms with Crippen molar-refractivity contribution in [3.8, 4) is 28.2 Å². The third kappa shape index (κ3) is 4.22. The van der Waals surface area contributed by atoms with E-state index in [1.165, 1.54) is 48.7 Å². The lowest BCUT2D eigenvalue weighted by Crippen LogP contribution is -2.27. The van der Waals surface area contributed by atoms with Crippen LogP contribution < -0.4 is 10.4 Å². The van der Waals surface area contributed by atoms with Gasteiger partial charge in [0.25, 0.3) is 0 Å². The van der Waals surface area contributed by atoms with Crippen LogP contribution in [0, 0.1) is 0 Å². The molecule has 1 unspecified atom stereocenters. The highest BCUT2D eigenvalue weighted by atomic mass is 15.1. The molecular formula is C43H30N2. The number of nitrogens with zero attached hydrogens (tertiary/aromatic N) is 2. The fourth-order valence-electron chi connectivity index (χ4n) is 7.31. The summed E-state index contributed by atoms with van der Waals surface area (Å²) in [5.74, 6) is 1.27. The zero-order valence-corrected chi connectivity index (χ0v) is 24.8. The zero-order chi connectivity index (χ0) is 29.7. The SMILES string of the molecule is C1=c2ccccc2=CC(c2c3ccccc3c(-c3ccc(-n4c(-c5ccccc5)nc5ccccc54)cc3)c3ccccc23)C1. The fraction of sp³-hybridized carbons (Fsp3) is 0.0465. The third-order valence-corrected chi connectivity index (χ3v) is 9.32. The second kappa shape index (κ2) is 10.5. The summed E-state index contributed by atoms with van der Waals surface area (Å²) in [5.41, 5.74) is 8.22. The molecule has 0 saturated heterocycles. The summed E-state index contributed by atoms with van der Waals surface area (Å²) in [5, 5.41) is 7.91. The minimum Gasteiger partial charge on any atom is -0.292 e. The highest BCUT2D eigenvalue weighted by Crippen LogP contribution is 2.43. The summed E-state index contributed by atoms with van der Waals surface area (Å²) >= 11 is 0. The van der Waals surface area contributed by atoms with E-state index >= 15 is 0 Å². The van der Waals surface area contributed by atoms with Crippen LogP contribution >= 0.6 is 0 Å². The van der Waals surface area contributed by atoms with Gasteiger partial charge in [-0.1, -0.05) is 140 Å². The lowest BCUT2D eigenvalue weighted by molar-refractivity contribution is 0.940. The van der Waals surface area contributed by atoms with Crippen molar-refractivity contribution < 1.29 is 0 Å². The number of fused-ring (bicyclic) bond motifs is 4. The van der Waals surface area contributed by atoms with Crippen LogP contribution in [-0.2, 0) is 0 Å². The maximum absolute atomic E-state index is 5.05. The van der Waals surface area contributed by atoms with Crippen LogP contribution in [0.15, 0.2) is 152 Å². The van der Waals surface area contributed by atoms with E-state index in [-0.39, 0.29) is 0 Å². The van der Waals surface area contributed by atoms with Gasteiger partial charge in [-0.3, -0.25) is 4.57 Å². The molecule has 0 bridgehead atoms. The Kier molecular flexibility index (Phi) is 5.99. The highest BCUT2D eigenvalue weighted by molar-refractivity contribution is 6.15. The average molecular weight is 575 g/mol. The van der Waals surface area contributed by atoms with Crippen LogP contribution in [0.2, 0.25) is 0 Å². The van der Waals surface area contributed by atoms with Crippen molar-refractivity contribution in [2.45, 2.75) is 12.3 Å². The molecule has 0 fully saturated rings. The minimum atomic E-state index is 0.317. The first kappa shape index (κ1) is 25.7. The molecule has 0 saturated carbocycles. The van der Waals surface area contributed by atoms with Crippen molar-refractivity contribution in [1.82, 2.24) is 9.55 Å². The Bertz CT molecular complexity index is 2450. The van der Waals surface area contributed by atoms with Gasteiger partial charge in [0, 0.05) is 17.2 Å². The number of rotatable bonds is 4. The van der Waals surface area contributed by atoms with E-state index in [1.807, 2.05) is 0 Å². The van der Waals surface area contributed by atoms with E-state index in [0.717, 1.165) is 34.5 Å². The first-order valence-corrected chi connectivity index (χ1v) is 15.7. The standard InChI is InChI=1S/C43H30N2/c1-2-13-31(14-3-1)43-44-39-20-10-11-21-40(39)45(43)34-26-24-30(25-27-34)41-35-16-6-8-18-37(35)42(38-19-9-7-17-36(38)41)33-23-22-29-12-4-5-15-32(29)28-33/h1-22,24-28,33H,23H2. The van der Waals surface area contributed by atoms with E-state index in [1.54, 1.807) is 0 Å². The number of hydrogen-bond acceptors (Lipinski definition) is 1. The van der Waals surface area contributed by atoms with Crippen molar-refractivity contribution in [3.63, 3.8) is 0 Å². The molecule has 45 heavy (non-hydrogen) atoms. The molecule has 1 heterocycles. The van der Waals surface area contributed by atoms with Gasteiger partial charge in [0.2, 0.25) is 0 Å². The first-order chi connectivity index (χ1) is 22.3. The smallest absolute Gasteiger partial charge is 0.145 e. The van der Waals surface area contributed by atoms with Crippen LogP contribution in [0.3, 0.4) is 0 Å². The van der Waals surface area contributed by atoms with Gasteiger partial charge in [0.1, 0.15) is 5.82 Å². The first-order valence-electron chi connectivity index (χ1n) is 15.7. The molecule has 0 radical (unpaired) electrons. The van der Waals surface area contributed by atoms with Crippen molar-refractivity contribution in [2.75, 3.05) is 0 Å². The molecule has 1 aliphatic rings. The van der Waals surface area contributed by atoms with Crippen molar-refractivity contribution in [3.05, 3.63) is 168 Å². The van der Waals surface area contributed by atoms with Gasteiger partial charge < -0.3 is 0 Å². The monoisotopic (exact) mass is 574 g/mol. The molecule has 8 aromatic rings. The summed E-state index contributed by atoms with van der Waals surface area (Å²) < 4.78 is 2.28. The van der Waals surface area contributed by atoms with Crippen molar-refractivity contribution >= 4 is 44.7 Å². The van der Waals surface area contributed by atoms with Crippen LogP contribution in [0.25, 0.3) is 72.9 Å². The van der Waals surface area contributed by atoms with Crippen LogP contribution in [-0.4, -0.2) is 9.55 Å². The van der Waals surface area contributed by atoms with Gasteiger partial charge >= 0.3 is 0 Å². The normalized spacial score (nSPS) is 14.3. The topological polar surface area (TPSA) is 17.8 Å². The molecule has 7 aromatic carbocycles. The molecule has 2 nitrogen and oxygen atoms in total. The molecule has 1 atom stereocenters. The van der Waals surface area contributed by atoms with Gasteiger partial charge in [-0.05, 0) is 79.4 Å². The lowest BCUT2D eigenvalue weighted by atomic mass is 9.81. The summed E-state index contributed by atoms with van der Waals surface area (Å²) in [7, 11) is 0. The van der Waals surface area contributed by atoms with Crippen molar-refractivity contribution in [1.29, 1.82) is 0 Å². The van der Waals surface area contributed by atoms with Gasteiger partial charge in [-0.25, -0.2) is 4.98 Å². The Morgan fingerprint density at radius 1 is 0.511 bits per heavy atom. The summed E-state index contributed by atoms with van der Waals surface area (Å²) in [6.07, 6.45) is 5.87. The molecule has 9 rings (SSSR count). The summed E-state index contributed by atoms with van der Waals surface area (Å²) in [4.78, 5) is 5.05. The van der Waals surface area contributed by atoms with Crippen LogP contribution in [0.1, 0.15) is 17.9 Å². The van der Waals surface area contributed by atoms with Crippen LogP contribution in [0.4, 0.5) is 0 Å². The molecule has 0 N–H and O–H groups in total. The fourth-order valence-corrected chi connectivity index (χ4v) is 7.31. The second-order valence-electron chi connectivity index (χ2n) is 11.9. The number of aromatic nitrogens is 2. The molecule has 0 spiro atoms. The van der Waals surface area contributed by atoms with E-state index in [0.29, 0.717) is 5.92 Å². The van der Waals surface area contributed by atoms with Gasteiger partial charge in [0.05, 0.1) is 11.0 Å². The largest absolute Gasteiger partial charge is 0.292 e. The highest BCUT2D eigenvalue weighted by Gasteiger charge is 2.21. The number of hydrogen-bond donors (Lipinski definition) is 0. The second-order valence-corrected chi connectivity index (χ2v) is 11.9. The van der Waals surface area contributed by atoms with E-state index in [2.05, 4.69) is 168 Å². The number of benzene rings is 7. The summed E-state index contributed by atoms with van der Waals surface area (Å²) in [6.45, 7) is 0. The zero-order valence-electron chi connectivity index (χ0n) is 24.8. The molecular weight excluding hydrogens is 544 g/mol. The lowest BCUT2D eigenvalue weighted by Gasteiger charge is -2.23. The maximum atomic E-state index is 5.05. The Balaban J connectivity index is 1.24. The minimum absolute atomic E-state index is 0.317. The van der Waals surface area contributed by atoms with Gasteiger partial charge in [-0.2, -0.15) is 0 Å². The predicted octanol–water partition coefficient (Wildman–Crippen LogP) is 9.41. The average Bonchev–Trinajstić information content (AvgIpc) is 3.51. The van der Waals surface area contributed by atoms with E-state index in [9.17, 15) is 0 Å². The molecule has 212 valence electrons. The Labute approximate surface area is 261 Å². The molecule has 0 aliphatic heterocycles. The molecule has 1 aromatic heterocycles. The summed E-state index contributed by atoms with van der Waals surface area (Å²) in [6, 6.07) is 54.6. The number of imidazole rings is 1. The maximum Gasteiger partial charge on any atom is 0.145 e. The van der Waals surface area contributed by atoms with Crippen LogP contribution in [0.5, 0.6) is 0 Å². The quantitative estimate of drug-likeness (QED) is 0.192. The van der Waals surface area contributed by atoms with E-state index in [4.69, 9.17) is 4.98 Å². The Morgan fingerprint density at radius 3 is 1.84 bits per heavy atom. The molecule has 2 heteroatoms. The van der Waals surface area contributed by atoms with Gasteiger partial charge in [-0.15, -0.1) is 0 Å². The predicted molar refractivity (Wildman–Crippen MR) is 189 cm³/mol. The number of para-hydroxylation sites is 2. The van der Waals surface area contributed by atoms with E-state index < -0.39 is 0 Å². The van der Waals surface area contributed by atoms with Gasteiger partial charge in [0.15, 0.2) is 0 Å². The third-order valence-electron chi connectivity index (χ3n) is 9.32. The molecule has 0 amide bonds. The molecule has 1 aliphatic carbocycles. The Morgan fingerprint density at radius 2 is 1.11 bits per heavy atom. The Hall–Kier alpha value is -5.73.